The van der Waals surface area contributed by atoms with Crippen LogP contribution in [0.1, 0.15) is 24.1 Å². The number of benzene rings is 2. The van der Waals surface area contributed by atoms with Crippen molar-refractivity contribution in [2.45, 2.75) is 13.0 Å². The van der Waals surface area contributed by atoms with E-state index in [-0.39, 0.29) is 11.9 Å². The molecule has 0 bridgehead atoms. The largest absolute Gasteiger partial charge is 0.286 e. The van der Waals surface area contributed by atoms with Crippen molar-refractivity contribution in [2.75, 3.05) is 0 Å². The van der Waals surface area contributed by atoms with Gasteiger partial charge >= 0.3 is 0 Å². The van der Waals surface area contributed by atoms with Gasteiger partial charge in [-0.1, -0.05) is 84.1 Å². The van der Waals surface area contributed by atoms with Crippen LogP contribution in [0.15, 0.2) is 59.5 Å². The average Bonchev–Trinajstić information content (AvgIpc) is 2.84. The van der Waals surface area contributed by atoms with Crippen LogP contribution in [-0.2, 0) is 4.79 Å². The summed E-state index contributed by atoms with van der Waals surface area (Å²) in [6, 6.07) is 17.2. The third-order valence-corrected chi connectivity index (χ3v) is 5.36. The first-order chi connectivity index (χ1) is 11.1. The number of rotatable bonds is 3. The number of thiocarbonyl (C=S) groups is 1. The average molecular weight is 360 g/mol. The molecule has 1 unspecified atom stereocenters. The minimum Gasteiger partial charge on any atom is -0.286 e. The Hall–Kier alpha value is -1.62. The second-order valence-corrected chi connectivity index (χ2v) is 7.24. The molecule has 23 heavy (non-hydrogen) atoms. The molecule has 0 saturated carbocycles. The maximum atomic E-state index is 12.8. The monoisotopic (exact) mass is 359 g/mol. The Balaban J connectivity index is 1.90. The van der Waals surface area contributed by atoms with Crippen LogP contribution >= 0.6 is 35.6 Å². The summed E-state index contributed by atoms with van der Waals surface area (Å²) in [6.45, 7) is 1.98. The van der Waals surface area contributed by atoms with E-state index in [0.717, 1.165) is 11.1 Å². The van der Waals surface area contributed by atoms with Crippen molar-refractivity contribution in [3.63, 3.8) is 0 Å². The molecule has 1 heterocycles. The molecule has 116 valence electrons. The third-order valence-electron chi connectivity index (χ3n) is 3.68. The lowest BCUT2D eigenvalue weighted by Crippen LogP contribution is -2.30. The molecule has 0 aromatic heterocycles. The van der Waals surface area contributed by atoms with Crippen molar-refractivity contribution in [2.24, 2.45) is 0 Å². The molecule has 2 aromatic rings. The molecule has 1 atom stereocenters. The number of thioether (sulfide) groups is 1. The van der Waals surface area contributed by atoms with Crippen molar-refractivity contribution >= 4 is 51.9 Å². The smallest absolute Gasteiger partial charge is 0.266 e. The summed E-state index contributed by atoms with van der Waals surface area (Å²) in [5.41, 5.74) is 1.88. The summed E-state index contributed by atoms with van der Waals surface area (Å²) in [5, 5.41) is 0.619. The van der Waals surface area contributed by atoms with Crippen LogP contribution in [0.4, 0.5) is 0 Å². The van der Waals surface area contributed by atoms with Gasteiger partial charge in [0.05, 0.1) is 10.9 Å². The molecule has 1 aliphatic rings. The minimum atomic E-state index is -0.0964. The van der Waals surface area contributed by atoms with E-state index in [4.69, 9.17) is 23.8 Å². The fourth-order valence-electron chi connectivity index (χ4n) is 2.43. The first-order valence-corrected chi connectivity index (χ1v) is 8.75. The van der Waals surface area contributed by atoms with E-state index in [9.17, 15) is 4.79 Å². The molecule has 5 heteroatoms. The summed E-state index contributed by atoms with van der Waals surface area (Å²) in [6.07, 6.45) is 1.80. The topological polar surface area (TPSA) is 20.3 Å². The van der Waals surface area contributed by atoms with E-state index in [1.807, 2.05) is 55.5 Å². The Labute approximate surface area is 150 Å². The molecule has 3 rings (SSSR count). The number of carbonyl (C=O) groups excluding carboxylic acids is 1. The zero-order valence-electron chi connectivity index (χ0n) is 12.4. The van der Waals surface area contributed by atoms with E-state index >= 15 is 0 Å². The van der Waals surface area contributed by atoms with Gasteiger partial charge in [0.2, 0.25) is 0 Å². The van der Waals surface area contributed by atoms with E-state index < -0.39 is 0 Å². The van der Waals surface area contributed by atoms with E-state index in [1.54, 1.807) is 17.0 Å². The molecular formula is C18H14ClNOS2. The van der Waals surface area contributed by atoms with Gasteiger partial charge in [0.1, 0.15) is 4.32 Å². The van der Waals surface area contributed by atoms with Crippen LogP contribution in [0.2, 0.25) is 5.02 Å². The van der Waals surface area contributed by atoms with Crippen molar-refractivity contribution in [1.29, 1.82) is 0 Å². The van der Waals surface area contributed by atoms with Crippen LogP contribution < -0.4 is 0 Å². The van der Waals surface area contributed by atoms with Gasteiger partial charge in [-0.05, 0) is 30.2 Å². The summed E-state index contributed by atoms with van der Waals surface area (Å²) >= 11 is 12.9. The van der Waals surface area contributed by atoms with Gasteiger partial charge in [-0.2, -0.15) is 0 Å². The standard InChI is InChI=1S/C18H14ClNOS2/c1-12(13-7-3-2-4-8-13)20-17(21)16(23-18(20)22)11-14-9-5-6-10-15(14)19/h2-12H,1H3/b16-11-. The van der Waals surface area contributed by atoms with Crippen molar-refractivity contribution in [3.8, 4) is 0 Å². The Kier molecular flexibility index (Phi) is 4.85. The molecule has 1 amide bonds. The number of carbonyl (C=O) groups is 1. The lowest BCUT2D eigenvalue weighted by atomic mass is 10.1. The lowest BCUT2D eigenvalue weighted by molar-refractivity contribution is -0.123. The fraction of sp³-hybridized carbons (Fsp3) is 0.111. The third kappa shape index (κ3) is 3.34. The van der Waals surface area contributed by atoms with Gasteiger partial charge in [-0.3, -0.25) is 9.69 Å². The van der Waals surface area contributed by atoms with Crippen LogP contribution in [0, 0.1) is 0 Å². The number of halogens is 1. The van der Waals surface area contributed by atoms with Gasteiger partial charge in [-0.25, -0.2) is 0 Å². The summed E-state index contributed by atoms with van der Waals surface area (Å²) < 4.78 is 0.574. The predicted molar refractivity (Wildman–Crippen MR) is 101 cm³/mol. The normalized spacial score (nSPS) is 17.8. The Morgan fingerprint density at radius 3 is 2.48 bits per heavy atom. The molecule has 1 fully saturated rings. The number of amides is 1. The first-order valence-electron chi connectivity index (χ1n) is 7.14. The zero-order chi connectivity index (χ0) is 16.4. The molecule has 2 nitrogen and oxygen atoms in total. The Morgan fingerprint density at radius 2 is 1.78 bits per heavy atom. The summed E-state index contributed by atoms with van der Waals surface area (Å²) in [4.78, 5) is 15.0. The number of hydrogen-bond donors (Lipinski definition) is 0. The molecule has 1 saturated heterocycles. The van der Waals surface area contributed by atoms with Crippen LogP contribution in [0.25, 0.3) is 6.08 Å². The predicted octanol–water partition coefficient (Wildman–Crippen LogP) is 5.30. The SMILES string of the molecule is CC(c1ccccc1)N1C(=O)/C(=C/c2ccccc2Cl)SC1=S. The highest BCUT2D eigenvalue weighted by Crippen LogP contribution is 2.38. The lowest BCUT2D eigenvalue weighted by Gasteiger charge is -2.23. The van der Waals surface area contributed by atoms with E-state index in [2.05, 4.69) is 0 Å². The van der Waals surface area contributed by atoms with E-state index in [1.165, 1.54) is 11.8 Å². The highest BCUT2D eigenvalue weighted by molar-refractivity contribution is 8.26. The van der Waals surface area contributed by atoms with Crippen molar-refractivity contribution < 1.29 is 4.79 Å². The molecule has 0 aliphatic carbocycles. The quantitative estimate of drug-likeness (QED) is 0.547. The number of hydrogen-bond acceptors (Lipinski definition) is 3. The Bertz CT molecular complexity index is 789. The van der Waals surface area contributed by atoms with Gasteiger partial charge in [0.25, 0.3) is 5.91 Å². The van der Waals surface area contributed by atoms with Gasteiger partial charge in [0, 0.05) is 5.02 Å². The molecular weight excluding hydrogens is 346 g/mol. The van der Waals surface area contributed by atoms with Gasteiger partial charge in [-0.15, -0.1) is 0 Å². The number of nitrogens with zero attached hydrogens (tertiary/aromatic N) is 1. The van der Waals surface area contributed by atoms with Crippen molar-refractivity contribution in [1.82, 2.24) is 4.90 Å². The molecule has 1 aliphatic heterocycles. The molecule has 2 aromatic carbocycles. The van der Waals surface area contributed by atoms with Gasteiger partial charge in [0.15, 0.2) is 0 Å². The highest BCUT2D eigenvalue weighted by Gasteiger charge is 2.35. The highest BCUT2D eigenvalue weighted by atomic mass is 35.5. The minimum absolute atomic E-state index is 0.0729. The summed E-state index contributed by atoms with van der Waals surface area (Å²) in [7, 11) is 0. The van der Waals surface area contributed by atoms with E-state index in [0.29, 0.717) is 14.2 Å². The van der Waals surface area contributed by atoms with Crippen LogP contribution in [0.5, 0.6) is 0 Å². The molecule has 0 spiro atoms. The van der Waals surface area contributed by atoms with Crippen molar-refractivity contribution in [3.05, 3.63) is 75.7 Å². The second-order valence-electron chi connectivity index (χ2n) is 5.16. The fourth-order valence-corrected chi connectivity index (χ4v) is 4.03. The second kappa shape index (κ2) is 6.87. The zero-order valence-corrected chi connectivity index (χ0v) is 14.8. The summed E-state index contributed by atoms with van der Waals surface area (Å²) in [5.74, 6) is -0.0729. The maximum absolute atomic E-state index is 12.8. The molecule has 0 N–H and O–H groups in total. The maximum Gasteiger partial charge on any atom is 0.266 e. The first kappa shape index (κ1) is 16.2. The van der Waals surface area contributed by atoms with Crippen LogP contribution in [0.3, 0.4) is 0 Å². The van der Waals surface area contributed by atoms with Gasteiger partial charge < -0.3 is 0 Å². The van der Waals surface area contributed by atoms with Crippen LogP contribution in [-0.4, -0.2) is 15.1 Å². The Morgan fingerprint density at radius 1 is 1.13 bits per heavy atom. The molecule has 0 radical (unpaired) electrons.